The van der Waals surface area contributed by atoms with E-state index in [2.05, 4.69) is 23.3 Å². The van der Waals surface area contributed by atoms with Crippen LogP contribution in [0.25, 0.3) is 0 Å². The zero-order valence-electron chi connectivity index (χ0n) is 17.7. The summed E-state index contributed by atoms with van der Waals surface area (Å²) < 4.78 is 0. The maximum Gasteiger partial charge on any atom is 0.326 e. The largest absolute Gasteiger partial charge is 0.481 e. The van der Waals surface area contributed by atoms with Crippen LogP contribution < -0.4 is 16.4 Å². The number of nitrogens with one attached hydrogen (secondary N) is 2. The molecule has 176 valence electrons. The minimum atomic E-state index is -1.22. The molecule has 0 saturated carbocycles. The molecular formula is C19H32N4O7S. The van der Waals surface area contributed by atoms with Crippen LogP contribution in [0, 0.1) is 5.92 Å². The minimum Gasteiger partial charge on any atom is -0.481 e. The molecule has 5 unspecified atom stereocenters. The molecule has 0 aromatic carbocycles. The molecule has 11 nitrogen and oxygen atoms in total. The van der Waals surface area contributed by atoms with Crippen molar-refractivity contribution in [3.63, 3.8) is 0 Å². The molecule has 3 amide bonds. The van der Waals surface area contributed by atoms with Gasteiger partial charge in [-0.25, -0.2) is 4.79 Å². The highest BCUT2D eigenvalue weighted by molar-refractivity contribution is 7.80. The molecule has 12 heteroatoms. The number of amides is 3. The van der Waals surface area contributed by atoms with E-state index in [1.165, 1.54) is 4.90 Å². The summed E-state index contributed by atoms with van der Waals surface area (Å²) in [5, 5.41) is 23.2. The Balaban J connectivity index is 2.91. The van der Waals surface area contributed by atoms with Crippen LogP contribution in [0.1, 0.15) is 46.0 Å². The lowest BCUT2D eigenvalue weighted by Crippen LogP contribution is -2.58. The van der Waals surface area contributed by atoms with Gasteiger partial charge in [-0.2, -0.15) is 12.6 Å². The van der Waals surface area contributed by atoms with Gasteiger partial charge in [0.25, 0.3) is 0 Å². The number of aliphatic carboxylic acids is 2. The third-order valence-electron chi connectivity index (χ3n) is 5.46. The summed E-state index contributed by atoms with van der Waals surface area (Å²) in [6.45, 7) is 3.89. The first-order valence-corrected chi connectivity index (χ1v) is 10.9. The fourth-order valence-corrected chi connectivity index (χ4v) is 3.51. The highest BCUT2D eigenvalue weighted by Gasteiger charge is 2.38. The van der Waals surface area contributed by atoms with E-state index < -0.39 is 53.8 Å². The number of carboxylic acid groups (broad SMARTS) is 2. The standard InChI is InChI=1S/C19H32N4O7S/c1-3-10(2)15(20)17(27)21-11(6-7-14(24)25)16(26)22-12(9-31)18(28)23-8-4-5-13(23)19(29)30/h10-13,15,31H,3-9,20H2,1-2H3,(H,21,27)(H,22,26)(H,24,25)(H,29,30). The maximum absolute atomic E-state index is 12.8. The fraction of sp³-hybridized carbons (Fsp3) is 0.737. The quantitative estimate of drug-likeness (QED) is 0.205. The van der Waals surface area contributed by atoms with Gasteiger partial charge in [0.15, 0.2) is 0 Å². The van der Waals surface area contributed by atoms with Crippen molar-refractivity contribution in [1.82, 2.24) is 15.5 Å². The number of thiol groups is 1. The van der Waals surface area contributed by atoms with Crippen molar-refractivity contribution < 1.29 is 34.2 Å². The van der Waals surface area contributed by atoms with Crippen LogP contribution >= 0.6 is 12.6 Å². The van der Waals surface area contributed by atoms with E-state index in [0.717, 1.165) is 0 Å². The van der Waals surface area contributed by atoms with E-state index in [1.807, 2.05) is 6.92 Å². The number of nitrogens with zero attached hydrogens (tertiary/aromatic N) is 1. The predicted octanol–water partition coefficient (Wildman–Crippen LogP) is -0.800. The predicted molar refractivity (Wildman–Crippen MR) is 114 cm³/mol. The number of hydrogen-bond donors (Lipinski definition) is 6. The first-order valence-electron chi connectivity index (χ1n) is 10.3. The monoisotopic (exact) mass is 460 g/mol. The fourth-order valence-electron chi connectivity index (χ4n) is 3.26. The summed E-state index contributed by atoms with van der Waals surface area (Å²) in [6.07, 6.45) is 0.899. The highest BCUT2D eigenvalue weighted by Crippen LogP contribution is 2.19. The minimum absolute atomic E-state index is 0.0978. The molecule has 1 aliphatic rings. The topological polar surface area (TPSA) is 179 Å². The van der Waals surface area contributed by atoms with Crippen molar-refractivity contribution in [2.24, 2.45) is 11.7 Å². The lowest BCUT2D eigenvalue weighted by molar-refractivity contribution is -0.149. The molecule has 1 saturated heterocycles. The molecule has 1 heterocycles. The number of carbonyl (C=O) groups is 5. The van der Waals surface area contributed by atoms with Crippen LogP contribution in [0.4, 0.5) is 0 Å². The van der Waals surface area contributed by atoms with E-state index in [0.29, 0.717) is 19.3 Å². The Morgan fingerprint density at radius 2 is 1.74 bits per heavy atom. The van der Waals surface area contributed by atoms with Crippen molar-refractivity contribution in [3.05, 3.63) is 0 Å². The second-order valence-electron chi connectivity index (χ2n) is 7.68. The van der Waals surface area contributed by atoms with Crippen molar-refractivity contribution >= 4 is 42.3 Å². The van der Waals surface area contributed by atoms with Crippen LogP contribution in [-0.4, -0.2) is 81.2 Å². The summed E-state index contributed by atoms with van der Waals surface area (Å²) in [5.74, 6) is -4.48. The Bertz CT molecular complexity index is 690. The van der Waals surface area contributed by atoms with Gasteiger partial charge >= 0.3 is 11.9 Å². The van der Waals surface area contributed by atoms with Gasteiger partial charge in [0.2, 0.25) is 17.7 Å². The van der Waals surface area contributed by atoms with Gasteiger partial charge in [-0.15, -0.1) is 0 Å². The average Bonchev–Trinajstić information content (AvgIpc) is 3.22. The highest BCUT2D eigenvalue weighted by atomic mass is 32.1. The lowest BCUT2D eigenvalue weighted by atomic mass is 9.98. The number of carboxylic acids is 2. The number of hydrogen-bond acceptors (Lipinski definition) is 7. The molecule has 0 spiro atoms. The molecule has 0 aromatic rings. The third kappa shape index (κ3) is 7.69. The first kappa shape index (κ1) is 26.7. The Labute approximate surface area is 186 Å². The number of likely N-dealkylation sites (tertiary alicyclic amines) is 1. The molecule has 0 radical (unpaired) electrons. The van der Waals surface area contributed by atoms with Crippen LogP contribution in [0.2, 0.25) is 0 Å². The van der Waals surface area contributed by atoms with Gasteiger partial charge < -0.3 is 31.5 Å². The molecule has 1 fully saturated rings. The van der Waals surface area contributed by atoms with Gasteiger partial charge in [0.1, 0.15) is 18.1 Å². The Kier molecular flexibility index (Phi) is 10.8. The molecule has 0 bridgehead atoms. The molecule has 6 N–H and O–H groups in total. The molecule has 31 heavy (non-hydrogen) atoms. The van der Waals surface area contributed by atoms with Crippen molar-refractivity contribution in [2.45, 2.75) is 70.1 Å². The molecule has 5 atom stereocenters. The Hall–Kier alpha value is -2.34. The summed E-state index contributed by atoms with van der Waals surface area (Å²) >= 11 is 4.09. The van der Waals surface area contributed by atoms with Crippen LogP contribution in [0.5, 0.6) is 0 Å². The second-order valence-corrected chi connectivity index (χ2v) is 8.04. The average molecular weight is 461 g/mol. The smallest absolute Gasteiger partial charge is 0.326 e. The number of nitrogens with two attached hydrogens (primary N) is 1. The number of carbonyl (C=O) groups excluding carboxylic acids is 3. The zero-order chi connectivity index (χ0) is 23.7. The lowest BCUT2D eigenvalue weighted by Gasteiger charge is -2.28. The van der Waals surface area contributed by atoms with E-state index in [9.17, 15) is 29.1 Å². The maximum atomic E-state index is 12.8. The van der Waals surface area contributed by atoms with Gasteiger partial charge in [-0.1, -0.05) is 20.3 Å². The zero-order valence-corrected chi connectivity index (χ0v) is 18.6. The molecule has 0 aromatic heterocycles. The first-order chi connectivity index (χ1) is 14.5. The van der Waals surface area contributed by atoms with E-state index in [-0.39, 0.29) is 31.1 Å². The van der Waals surface area contributed by atoms with Crippen molar-refractivity contribution in [2.75, 3.05) is 12.3 Å². The SMILES string of the molecule is CCC(C)C(N)C(=O)NC(CCC(=O)O)C(=O)NC(CS)C(=O)N1CCCC1C(=O)O. The van der Waals surface area contributed by atoms with Crippen LogP contribution in [-0.2, 0) is 24.0 Å². The van der Waals surface area contributed by atoms with Gasteiger partial charge in [0, 0.05) is 18.7 Å². The van der Waals surface area contributed by atoms with Crippen molar-refractivity contribution in [1.29, 1.82) is 0 Å². The summed E-state index contributed by atoms with van der Waals surface area (Å²) in [6, 6.07) is -4.19. The van der Waals surface area contributed by atoms with Crippen LogP contribution in [0.15, 0.2) is 0 Å². The van der Waals surface area contributed by atoms with Gasteiger partial charge in [-0.3, -0.25) is 19.2 Å². The molecular weight excluding hydrogens is 428 g/mol. The van der Waals surface area contributed by atoms with Gasteiger partial charge in [-0.05, 0) is 25.2 Å². The van der Waals surface area contributed by atoms with Crippen molar-refractivity contribution in [3.8, 4) is 0 Å². The normalized spacial score (nSPS) is 19.7. The Morgan fingerprint density at radius 1 is 1.13 bits per heavy atom. The van der Waals surface area contributed by atoms with E-state index in [4.69, 9.17) is 10.8 Å². The van der Waals surface area contributed by atoms with E-state index >= 15 is 0 Å². The van der Waals surface area contributed by atoms with Gasteiger partial charge in [0.05, 0.1) is 6.04 Å². The van der Waals surface area contributed by atoms with E-state index in [1.54, 1.807) is 6.92 Å². The third-order valence-corrected chi connectivity index (χ3v) is 5.82. The summed E-state index contributed by atoms with van der Waals surface area (Å²) in [7, 11) is 0. The number of rotatable bonds is 12. The Morgan fingerprint density at radius 3 is 2.26 bits per heavy atom. The molecule has 1 aliphatic heterocycles. The summed E-state index contributed by atoms with van der Waals surface area (Å²) in [5.41, 5.74) is 5.89. The summed E-state index contributed by atoms with van der Waals surface area (Å²) in [4.78, 5) is 61.5. The molecule has 1 rings (SSSR count). The van der Waals surface area contributed by atoms with Crippen LogP contribution in [0.3, 0.4) is 0 Å². The second kappa shape index (κ2) is 12.5. The molecule has 0 aliphatic carbocycles.